The van der Waals surface area contributed by atoms with Crippen LogP contribution in [0.1, 0.15) is 210 Å². The van der Waals surface area contributed by atoms with Crippen LogP contribution in [0, 0.1) is 40.9 Å². The fourth-order valence-corrected chi connectivity index (χ4v) is 14.5. The number of nitrogens with one attached hydrogen (secondary N) is 6. The summed E-state index contributed by atoms with van der Waals surface area (Å²) in [6, 6.07) is 8.78. The lowest BCUT2D eigenvalue weighted by atomic mass is 9.69. The number of primary amides is 1. The number of rotatable bonds is 44. The number of anilines is 1. The van der Waals surface area contributed by atoms with Gasteiger partial charge in [-0.05, 0) is 111 Å². The molecular weight excluding hydrogens is 1320 g/mol. The van der Waals surface area contributed by atoms with Gasteiger partial charge in [-0.1, -0.05) is 158 Å². The monoisotopic (exact) mass is 1440 g/mol. The minimum absolute atomic E-state index is 0.0859. The minimum atomic E-state index is -1.12. The van der Waals surface area contributed by atoms with Crippen LogP contribution in [-0.2, 0) is 64.0 Å². The molecule has 26 heteroatoms. The van der Waals surface area contributed by atoms with Gasteiger partial charge in [0.1, 0.15) is 30.8 Å². The van der Waals surface area contributed by atoms with Gasteiger partial charge in [-0.15, -0.1) is 0 Å². The number of urea groups is 1. The Hall–Kier alpha value is -7.71. The van der Waals surface area contributed by atoms with E-state index in [4.69, 9.17) is 19.9 Å². The first-order valence-electron chi connectivity index (χ1n) is 37.4. The number of carbonyl (C=O) groups excluding carboxylic acids is 11. The molecule has 14 atom stereocenters. The predicted molar refractivity (Wildman–Crippen MR) is 395 cm³/mol. The number of aliphatic hydroxyl groups is 1. The Labute approximate surface area is 612 Å². The molecule has 9 N–H and O–H groups in total. The number of carbonyl (C=O) groups is 11. The van der Waals surface area contributed by atoms with Crippen LogP contribution < -0.4 is 37.6 Å². The summed E-state index contributed by atoms with van der Waals surface area (Å²) in [7, 11) is 6.09. The van der Waals surface area contributed by atoms with E-state index in [1.54, 1.807) is 109 Å². The number of amides is 12. The zero-order chi connectivity index (χ0) is 77.0. The van der Waals surface area contributed by atoms with Crippen molar-refractivity contribution in [2.45, 2.75) is 260 Å². The van der Waals surface area contributed by atoms with Gasteiger partial charge in [0.15, 0.2) is 0 Å². The summed E-state index contributed by atoms with van der Waals surface area (Å²) in [6.07, 6.45) is 5.54. The molecule has 26 nitrogen and oxygen atoms in total. The van der Waals surface area contributed by atoms with Crippen LogP contribution in [0.2, 0.25) is 0 Å². The molecule has 2 fully saturated rings. The van der Waals surface area contributed by atoms with Crippen LogP contribution >= 0.6 is 0 Å². The van der Waals surface area contributed by atoms with E-state index < -0.39 is 114 Å². The lowest BCUT2D eigenvalue weighted by Gasteiger charge is -2.41. The summed E-state index contributed by atoms with van der Waals surface area (Å²) in [4.78, 5) is 157. The summed E-state index contributed by atoms with van der Waals surface area (Å²) in [5.74, 6) is -5.82. The van der Waals surface area contributed by atoms with Gasteiger partial charge in [-0.3, -0.25) is 53.0 Å². The maximum Gasteiger partial charge on any atom is 0.410 e. The molecule has 2 aromatic carbocycles. The van der Waals surface area contributed by atoms with Crippen molar-refractivity contribution < 1.29 is 72.1 Å². The molecule has 103 heavy (non-hydrogen) atoms. The van der Waals surface area contributed by atoms with Gasteiger partial charge in [0.25, 0.3) is 0 Å². The Balaban J connectivity index is 1.36. The Morgan fingerprint density at radius 2 is 1.38 bits per heavy atom. The Kier molecular flexibility index (Phi) is 36.5. The molecular formula is C77H125N11O15. The number of unbranched alkanes of at least 4 members (excludes halogenated alkanes) is 3. The highest BCUT2D eigenvalue weighted by molar-refractivity contribution is 6.04. The van der Waals surface area contributed by atoms with E-state index in [2.05, 4.69) is 52.7 Å². The molecule has 0 aliphatic carbocycles. The van der Waals surface area contributed by atoms with Crippen LogP contribution in [-0.4, -0.2) is 192 Å². The summed E-state index contributed by atoms with van der Waals surface area (Å²) in [5.41, 5.74) is 6.59. The zero-order valence-electron chi connectivity index (χ0n) is 64.6. The van der Waals surface area contributed by atoms with Crippen molar-refractivity contribution in [1.29, 1.82) is 0 Å². The first-order valence-corrected chi connectivity index (χ1v) is 37.4. The highest BCUT2D eigenvalue weighted by Gasteiger charge is 2.48. The molecule has 4 rings (SSSR count). The lowest BCUT2D eigenvalue weighted by Crippen LogP contribution is -2.60. The van der Waals surface area contributed by atoms with E-state index in [9.17, 15) is 57.8 Å². The van der Waals surface area contributed by atoms with E-state index in [0.29, 0.717) is 61.9 Å². The fraction of sp³-hybridized carbons (Fsp3) is 0.701. The molecule has 2 saturated heterocycles. The molecule has 2 aliphatic rings. The summed E-state index contributed by atoms with van der Waals surface area (Å²) >= 11 is 0. The van der Waals surface area contributed by atoms with Crippen LogP contribution in [0.25, 0.3) is 0 Å². The van der Waals surface area contributed by atoms with Crippen molar-refractivity contribution in [2.75, 3.05) is 53.3 Å². The fourth-order valence-electron chi connectivity index (χ4n) is 14.5. The number of benzene rings is 2. The number of likely N-dealkylation sites (N-methyl/N-ethyl adjacent to an activating group) is 2. The molecule has 2 aromatic rings. The molecule has 0 aromatic heterocycles. The van der Waals surface area contributed by atoms with Crippen molar-refractivity contribution in [3.8, 4) is 0 Å². The third kappa shape index (κ3) is 25.6. The Morgan fingerprint density at radius 1 is 0.718 bits per heavy atom. The van der Waals surface area contributed by atoms with E-state index in [-0.39, 0.29) is 105 Å². The molecule has 0 saturated carbocycles. The van der Waals surface area contributed by atoms with E-state index in [1.165, 1.54) is 31.1 Å². The second-order valence-electron chi connectivity index (χ2n) is 29.8. The van der Waals surface area contributed by atoms with Crippen LogP contribution in [0.3, 0.4) is 0 Å². The number of aliphatic hydroxyl groups excluding tert-OH is 1. The summed E-state index contributed by atoms with van der Waals surface area (Å²) < 4.78 is 17.8. The van der Waals surface area contributed by atoms with Gasteiger partial charge in [0.05, 0.1) is 54.7 Å². The SMILES string of the molecule is CCCCC(C)(CCC)C1CC(=O)N(CCCCCC(=O)NC(C(=O)N[C@@H](CCCNC(N)=O)C(=O)Nc2ccc(COC(=O)N(C)[C@H](C(=O)N[C@H](C(=O)N(C)C([C@@H](C)CC)[C@@H](CC(=O)N3CCC[C@H]3[C@H](OC)[C@@H](C)C(=O)N[C@H](C)[C@@H](O)c3ccccc3)OC)C(C)C)C(C)C)cc2)C(C)C)C1=O. The quantitative estimate of drug-likeness (QED) is 0.0228. The molecule has 2 heterocycles. The second-order valence-corrected chi connectivity index (χ2v) is 29.8. The average Bonchev–Trinajstić information content (AvgIpc) is 1.67. The number of nitrogens with two attached hydrogens (primary N) is 1. The molecule has 4 unspecified atom stereocenters. The predicted octanol–water partition coefficient (Wildman–Crippen LogP) is 8.52. The minimum Gasteiger partial charge on any atom is -0.445 e. The Morgan fingerprint density at radius 3 is 1.96 bits per heavy atom. The second kappa shape index (κ2) is 42.9. The van der Waals surface area contributed by atoms with Gasteiger partial charge < -0.3 is 66.8 Å². The highest BCUT2D eigenvalue weighted by atomic mass is 16.6. The van der Waals surface area contributed by atoms with Gasteiger partial charge in [-0.2, -0.15) is 0 Å². The Bertz CT molecular complexity index is 3080. The number of imide groups is 1. The first kappa shape index (κ1) is 87.7. The third-order valence-electron chi connectivity index (χ3n) is 20.8. The number of ether oxygens (including phenoxy) is 3. The maximum absolute atomic E-state index is 14.9. The molecule has 0 bridgehead atoms. The van der Waals surface area contributed by atoms with E-state index in [0.717, 1.165) is 32.1 Å². The van der Waals surface area contributed by atoms with E-state index in [1.807, 2.05) is 32.0 Å². The number of likely N-dealkylation sites (tertiary alicyclic amines) is 2. The van der Waals surface area contributed by atoms with Gasteiger partial charge in [0.2, 0.25) is 53.2 Å². The molecule has 0 spiro atoms. The standard InChI is InChI=1S/C77H125N11O15/c1-18-21-40-77(13,39-19-2)56-44-61(90)88(73(56)97)42-27-23-26-34-60(89)83-63(47(4)5)71(95)82-57(32-28-41-79-75(78)99)70(94)81-55-37-35-53(36-38-55)46-103-76(100)86(15)65(49(8)9)72(96)84-64(48(6)7)74(98)85(14)66(50(10)20-3)59(101-16)45-62(91)87-43-29-33-58(87)68(102-17)51(11)69(93)80-52(12)67(92)54-30-24-22-25-31-54/h22,24-25,30-31,35-38,47-52,56-59,63-68,92H,18-21,23,26-29,32-34,39-46H2,1-17H3,(H,80,93)(H,81,94)(H,82,95)(H,83,89)(H,84,96)(H3,78,79,99)/t50-,51+,52+,56?,57-,58-,59+,63?,64-,65-,66?,67+,68+,77?/m0/s1. The number of hydrogen-bond donors (Lipinski definition) is 8. The topological polar surface area (TPSA) is 347 Å². The summed E-state index contributed by atoms with van der Waals surface area (Å²) in [5, 5.41) is 27.8. The van der Waals surface area contributed by atoms with Gasteiger partial charge >= 0.3 is 12.1 Å². The zero-order valence-corrected chi connectivity index (χ0v) is 64.6. The molecule has 0 radical (unpaired) electrons. The van der Waals surface area contributed by atoms with Crippen LogP contribution in [0.5, 0.6) is 0 Å². The summed E-state index contributed by atoms with van der Waals surface area (Å²) in [6.45, 7) is 25.1. The molecule has 2 aliphatic heterocycles. The third-order valence-corrected chi connectivity index (χ3v) is 20.8. The maximum atomic E-state index is 14.9. The number of hydrogen-bond acceptors (Lipinski definition) is 15. The van der Waals surface area contributed by atoms with Crippen molar-refractivity contribution >= 4 is 71.0 Å². The van der Waals surface area contributed by atoms with Crippen molar-refractivity contribution in [3.05, 3.63) is 65.7 Å². The molecule has 578 valence electrons. The van der Waals surface area contributed by atoms with Gasteiger partial charge in [-0.25, -0.2) is 9.59 Å². The van der Waals surface area contributed by atoms with Crippen molar-refractivity contribution in [2.24, 2.45) is 46.7 Å². The number of methoxy groups -OCH3 is 2. The largest absolute Gasteiger partial charge is 0.445 e. The van der Waals surface area contributed by atoms with Crippen LogP contribution in [0.15, 0.2) is 54.6 Å². The first-order chi connectivity index (χ1) is 48.7. The van der Waals surface area contributed by atoms with E-state index >= 15 is 0 Å². The highest BCUT2D eigenvalue weighted by Crippen LogP contribution is 2.44. The number of nitrogens with zero attached hydrogens (tertiary/aromatic N) is 4. The van der Waals surface area contributed by atoms with Crippen molar-refractivity contribution in [3.63, 3.8) is 0 Å². The molecule has 12 amide bonds. The normalized spacial score (nSPS) is 18.5. The van der Waals surface area contributed by atoms with Gasteiger partial charge in [0, 0.05) is 66.5 Å². The smallest absolute Gasteiger partial charge is 0.410 e. The average molecular weight is 1440 g/mol. The van der Waals surface area contributed by atoms with Crippen LogP contribution in [0.4, 0.5) is 15.3 Å². The lowest BCUT2D eigenvalue weighted by molar-refractivity contribution is -0.148. The van der Waals surface area contributed by atoms with Crippen molar-refractivity contribution in [1.82, 2.24) is 46.2 Å².